The third-order valence-electron chi connectivity index (χ3n) is 1.55. The van der Waals surface area contributed by atoms with E-state index in [9.17, 15) is 0 Å². The zero-order valence-electron chi connectivity index (χ0n) is 6.37. The molecule has 0 radical (unpaired) electrons. The fourth-order valence-corrected chi connectivity index (χ4v) is 1.23. The van der Waals surface area contributed by atoms with Gasteiger partial charge in [-0.3, -0.25) is 0 Å². The summed E-state index contributed by atoms with van der Waals surface area (Å²) in [6.45, 7) is 0. The van der Waals surface area contributed by atoms with Crippen molar-refractivity contribution in [1.82, 2.24) is 0 Å². The molecule has 0 saturated heterocycles. The average molecular weight is 178 g/mol. The van der Waals surface area contributed by atoms with Crippen molar-refractivity contribution in [2.75, 3.05) is 5.73 Å². The first-order valence-corrected chi connectivity index (χ1v) is 3.83. The molecule has 0 spiro atoms. The summed E-state index contributed by atoms with van der Waals surface area (Å²) in [5, 5.41) is 8.48. The Kier molecular flexibility index (Phi) is 2.72. The Morgan fingerprint density at radius 3 is 2.92 bits per heavy atom. The first-order chi connectivity index (χ1) is 5.79. The Bertz CT molecular complexity index is 341. The van der Waals surface area contributed by atoms with E-state index in [0.717, 1.165) is 5.56 Å². The molecular weight excluding hydrogens is 170 g/mol. The van der Waals surface area contributed by atoms with Crippen LogP contribution in [0.25, 0.3) is 0 Å². The fourth-order valence-electron chi connectivity index (χ4n) is 0.977. The summed E-state index contributed by atoms with van der Waals surface area (Å²) in [4.78, 5) is 0. The second-order valence-corrected chi connectivity index (χ2v) is 2.52. The largest absolute Gasteiger partial charge is 0.393 e. The second-order valence-electron chi connectivity index (χ2n) is 2.32. The number of para-hydroxylation sites is 1. The summed E-state index contributed by atoms with van der Waals surface area (Å²) in [5.41, 5.74) is 7.72. The second kappa shape index (κ2) is 3.79. The van der Waals surface area contributed by atoms with Gasteiger partial charge < -0.3 is 5.73 Å². The van der Waals surface area contributed by atoms with Crippen molar-refractivity contribution in [2.24, 2.45) is 0 Å². The molecule has 0 unspecified atom stereocenters. The normalized spacial score (nSPS) is 8.92. The van der Waals surface area contributed by atoms with Crippen LogP contribution in [-0.2, 0) is 18.8 Å². The molecule has 12 heavy (non-hydrogen) atoms. The molecule has 0 saturated carbocycles. The van der Waals surface area contributed by atoms with Crippen LogP contribution in [0.4, 0.5) is 11.4 Å². The molecular formula is C8H8N3S+. The van der Waals surface area contributed by atoms with Gasteiger partial charge in [-0.2, -0.15) is 5.26 Å². The molecule has 0 aromatic heterocycles. The molecule has 0 atom stereocenters. The van der Waals surface area contributed by atoms with Gasteiger partial charge in [0.1, 0.15) is 5.69 Å². The summed E-state index contributed by atoms with van der Waals surface area (Å²) >= 11 is 4.67. The van der Waals surface area contributed by atoms with Crippen LogP contribution in [0.3, 0.4) is 0 Å². The van der Waals surface area contributed by atoms with Crippen molar-refractivity contribution in [3.05, 3.63) is 23.8 Å². The first kappa shape index (κ1) is 8.62. The van der Waals surface area contributed by atoms with Gasteiger partial charge in [-0.25, -0.2) is 0 Å². The number of hydrogen-bond donors (Lipinski definition) is 2. The monoisotopic (exact) mass is 178 g/mol. The molecule has 0 aliphatic rings. The van der Waals surface area contributed by atoms with Crippen LogP contribution in [-0.4, -0.2) is 0 Å². The highest BCUT2D eigenvalue weighted by atomic mass is 32.1. The summed E-state index contributed by atoms with van der Waals surface area (Å²) in [6.07, 6.45) is 0.323. The van der Waals surface area contributed by atoms with Crippen LogP contribution in [0, 0.1) is 11.3 Å². The summed E-state index contributed by atoms with van der Waals surface area (Å²) < 4.78 is 2.56. The third-order valence-corrected chi connectivity index (χ3v) is 1.76. The summed E-state index contributed by atoms with van der Waals surface area (Å²) in [7, 11) is 0. The molecule has 0 aliphatic carbocycles. The van der Waals surface area contributed by atoms with Crippen molar-refractivity contribution < 1.29 is 4.36 Å². The van der Waals surface area contributed by atoms with Crippen molar-refractivity contribution in [3.8, 4) is 6.07 Å². The number of anilines is 1. The van der Waals surface area contributed by atoms with E-state index in [1.807, 2.05) is 12.1 Å². The van der Waals surface area contributed by atoms with Gasteiger partial charge in [0.25, 0.3) is 12.4 Å². The van der Waals surface area contributed by atoms with Crippen molar-refractivity contribution in [3.63, 3.8) is 0 Å². The molecule has 0 bridgehead atoms. The maximum Gasteiger partial charge on any atom is 0.268 e. The van der Waals surface area contributed by atoms with E-state index in [-0.39, 0.29) is 0 Å². The SMILES string of the molecule is N#CCc1cccc(N)c1[NH+]=S. The number of nitrogens with two attached hydrogens (primary N) is 1. The van der Waals surface area contributed by atoms with Crippen LogP contribution in [0.2, 0.25) is 0 Å². The van der Waals surface area contributed by atoms with Gasteiger partial charge in [-0.1, -0.05) is 12.1 Å². The molecule has 0 fully saturated rings. The number of nitrogens with zero attached hydrogens (tertiary/aromatic N) is 1. The summed E-state index contributed by atoms with van der Waals surface area (Å²) in [6, 6.07) is 7.42. The van der Waals surface area contributed by atoms with Crippen LogP contribution < -0.4 is 10.1 Å². The number of nitriles is 1. The molecule has 60 valence electrons. The van der Waals surface area contributed by atoms with Gasteiger partial charge in [0.2, 0.25) is 5.69 Å². The molecule has 0 aliphatic heterocycles. The van der Waals surface area contributed by atoms with E-state index < -0.39 is 0 Å². The van der Waals surface area contributed by atoms with Gasteiger partial charge in [-0.15, -0.1) is 4.36 Å². The number of nitrogen functional groups attached to an aromatic ring is 1. The lowest BCUT2D eigenvalue weighted by atomic mass is 10.1. The van der Waals surface area contributed by atoms with Crippen LogP contribution in [0.1, 0.15) is 5.56 Å². The lowest BCUT2D eigenvalue weighted by molar-refractivity contribution is -0.315. The summed E-state index contributed by atoms with van der Waals surface area (Å²) in [5.74, 6) is 0. The first-order valence-electron chi connectivity index (χ1n) is 3.42. The van der Waals surface area contributed by atoms with Gasteiger partial charge in [0.15, 0.2) is 0 Å². The number of nitrogens with one attached hydrogen (secondary N) is 1. The Morgan fingerprint density at radius 2 is 2.33 bits per heavy atom. The number of rotatable bonds is 2. The van der Waals surface area contributed by atoms with E-state index in [2.05, 4.69) is 16.8 Å². The van der Waals surface area contributed by atoms with Gasteiger partial charge >= 0.3 is 0 Å². The van der Waals surface area contributed by atoms with E-state index in [4.69, 9.17) is 11.0 Å². The smallest absolute Gasteiger partial charge is 0.268 e. The molecule has 3 N–H and O–H groups in total. The third kappa shape index (κ3) is 1.57. The van der Waals surface area contributed by atoms with Crippen LogP contribution >= 0.6 is 0 Å². The maximum absolute atomic E-state index is 8.48. The molecule has 3 nitrogen and oxygen atoms in total. The predicted octanol–water partition coefficient (Wildman–Crippen LogP) is -0.223. The maximum atomic E-state index is 8.48. The Morgan fingerprint density at radius 1 is 1.58 bits per heavy atom. The average Bonchev–Trinajstić information content (AvgIpc) is 2.05. The van der Waals surface area contributed by atoms with E-state index in [1.54, 1.807) is 12.1 Å². The Labute approximate surface area is 76.0 Å². The minimum Gasteiger partial charge on any atom is -0.393 e. The lowest BCUT2D eigenvalue weighted by Crippen LogP contribution is -2.57. The fraction of sp³-hybridized carbons (Fsp3) is 0.125. The Balaban J connectivity index is 3.19. The topological polar surface area (TPSA) is 63.8 Å². The molecule has 1 rings (SSSR count). The van der Waals surface area contributed by atoms with Crippen LogP contribution in [0.15, 0.2) is 18.2 Å². The van der Waals surface area contributed by atoms with Gasteiger partial charge in [-0.05, 0) is 6.07 Å². The van der Waals surface area contributed by atoms with Crippen molar-refractivity contribution in [2.45, 2.75) is 6.42 Å². The standard InChI is InChI=1S/C8H7N3S/c9-5-4-6-2-1-3-7(10)8(6)11-12/h1-3H,4,10H2/p+1. The minimum absolute atomic E-state index is 0.323. The number of benzene rings is 1. The number of hydrogen-bond acceptors (Lipinski definition) is 3. The quantitative estimate of drug-likeness (QED) is 0.615. The van der Waals surface area contributed by atoms with E-state index in [1.165, 1.54) is 0 Å². The zero-order valence-corrected chi connectivity index (χ0v) is 7.19. The highest BCUT2D eigenvalue weighted by Crippen LogP contribution is 2.17. The van der Waals surface area contributed by atoms with Gasteiger partial charge in [0, 0.05) is 5.56 Å². The predicted molar refractivity (Wildman–Crippen MR) is 48.2 cm³/mol. The highest BCUT2D eigenvalue weighted by Gasteiger charge is 2.09. The van der Waals surface area contributed by atoms with E-state index in [0.29, 0.717) is 17.8 Å². The van der Waals surface area contributed by atoms with Gasteiger partial charge in [0.05, 0.1) is 12.5 Å². The highest BCUT2D eigenvalue weighted by molar-refractivity contribution is 7.44. The van der Waals surface area contributed by atoms with Crippen molar-refractivity contribution in [1.29, 1.82) is 5.26 Å². The molecule has 1 aromatic rings. The minimum atomic E-state index is 0.323. The molecule has 0 heterocycles. The van der Waals surface area contributed by atoms with E-state index >= 15 is 0 Å². The zero-order chi connectivity index (χ0) is 8.97. The molecule has 4 heteroatoms. The lowest BCUT2D eigenvalue weighted by Gasteiger charge is -1.96. The van der Waals surface area contributed by atoms with Crippen LogP contribution in [0.5, 0.6) is 0 Å². The molecule has 0 amide bonds. The Hall–Kier alpha value is -1.47. The molecule has 1 aromatic carbocycles. The van der Waals surface area contributed by atoms with Crippen molar-refractivity contribution >= 4 is 23.8 Å².